The van der Waals surface area contributed by atoms with E-state index in [0.29, 0.717) is 24.2 Å². The molecule has 1 N–H and O–H groups in total. The van der Waals surface area contributed by atoms with Crippen molar-refractivity contribution in [2.45, 2.75) is 78.6 Å². The highest BCUT2D eigenvalue weighted by Crippen LogP contribution is 2.41. The van der Waals surface area contributed by atoms with Gasteiger partial charge in [0.05, 0.1) is 18.8 Å². The molecular weight excluding hydrogens is 250 g/mol. The molecule has 1 aliphatic rings. The molecule has 0 aromatic rings. The van der Waals surface area contributed by atoms with E-state index in [1.54, 1.807) is 7.11 Å². The minimum Gasteiger partial charge on any atom is -0.382 e. The van der Waals surface area contributed by atoms with Gasteiger partial charge in [0, 0.05) is 13.2 Å². The van der Waals surface area contributed by atoms with Crippen LogP contribution >= 0.6 is 0 Å². The predicted molar refractivity (Wildman–Crippen MR) is 85.1 cm³/mol. The van der Waals surface area contributed by atoms with E-state index in [1.807, 2.05) is 0 Å². The van der Waals surface area contributed by atoms with E-state index in [-0.39, 0.29) is 6.10 Å². The lowest BCUT2D eigenvalue weighted by Crippen LogP contribution is -2.49. The molecule has 0 aliphatic heterocycles. The molecule has 0 aromatic carbocycles. The van der Waals surface area contributed by atoms with E-state index in [9.17, 15) is 0 Å². The molecule has 20 heavy (non-hydrogen) atoms. The molecule has 0 amide bonds. The molecule has 0 aromatic heterocycles. The highest BCUT2D eigenvalue weighted by atomic mass is 16.5. The lowest BCUT2D eigenvalue weighted by molar-refractivity contribution is -0.0841. The molecule has 0 heterocycles. The Hall–Kier alpha value is -0.120. The summed E-state index contributed by atoms with van der Waals surface area (Å²) in [5.74, 6) is 0.766. The average molecular weight is 285 g/mol. The number of ether oxygens (including phenoxy) is 2. The molecule has 1 rings (SSSR count). The van der Waals surface area contributed by atoms with Crippen molar-refractivity contribution >= 4 is 0 Å². The van der Waals surface area contributed by atoms with Gasteiger partial charge in [0.2, 0.25) is 0 Å². The minimum atomic E-state index is 0.176. The van der Waals surface area contributed by atoms with E-state index in [2.05, 4.69) is 39.9 Å². The quantitative estimate of drug-likeness (QED) is 0.739. The van der Waals surface area contributed by atoms with Crippen LogP contribution in [0.3, 0.4) is 0 Å². The number of methoxy groups -OCH3 is 1. The van der Waals surface area contributed by atoms with Crippen molar-refractivity contribution < 1.29 is 9.47 Å². The second kappa shape index (κ2) is 8.35. The molecule has 0 spiro atoms. The van der Waals surface area contributed by atoms with Crippen LogP contribution in [-0.2, 0) is 9.47 Å². The third kappa shape index (κ3) is 5.01. The standard InChI is InChI=1S/C17H35NO2/c1-7-17(4,5)14-9-10-15(18-8-2)16(11-14)20-13(3)12-19-6/h13-16,18H,7-12H2,1-6H3. The Morgan fingerprint density at radius 1 is 1.25 bits per heavy atom. The summed E-state index contributed by atoms with van der Waals surface area (Å²) in [6.07, 6.45) is 5.46. The van der Waals surface area contributed by atoms with Crippen LogP contribution in [0.25, 0.3) is 0 Å². The maximum Gasteiger partial charge on any atom is 0.0784 e. The first kappa shape index (κ1) is 17.9. The summed E-state index contributed by atoms with van der Waals surface area (Å²) in [6.45, 7) is 13.1. The predicted octanol–water partition coefficient (Wildman–Crippen LogP) is 3.62. The van der Waals surface area contributed by atoms with E-state index >= 15 is 0 Å². The summed E-state index contributed by atoms with van der Waals surface area (Å²) in [5.41, 5.74) is 0.420. The summed E-state index contributed by atoms with van der Waals surface area (Å²) < 4.78 is 11.5. The maximum atomic E-state index is 6.28. The third-order valence-electron chi connectivity index (χ3n) is 5.08. The van der Waals surface area contributed by atoms with Crippen molar-refractivity contribution in [1.82, 2.24) is 5.32 Å². The van der Waals surface area contributed by atoms with Crippen LogP contribution < -0.4 is 5.32 Å². The third-order valence-corrected chi connectivity index (χ3v) is 5.08. The molecule has 4 unspecified atom stereocenters. The Morgan fingerprint density at radius 2 is 1.95 bits per heavy atom. The second-order valence-electron chi connectivity index (χ2n) is 6.96. The van der Waals surface area contributed by atoms with Crippen molar-refractivity contribution in [3.05, 3.63) is 0 Å². The van der Waals surface area contributed by atoms with Gasteiger partial charge < -0.3 is 14.8 Å². The molecular formula is C17H35NO2. The van der Waals surface area contributed by atoms with Gasteiger partial charge in [-0.25, -0.2) is 0 Å². The number of hydrogen-bond acceptors (Lipinski definition) is 3. The van der Waals surface area contributed by atoms with Crippen LogP contribution in [0.5, 0.6) is 0 Å². The zero-order valence-electron chi connectivity index (χ0n) is 14.4. The van der Waals surface area contributed by atoms with Gasteiger partial charge in [-0.05, 0) is 44.1 Å². The monoisotopic (exact) mass is 285 g/mol. The Balaban J connectivity index is 2.66. The molecule has 1 aliphatic carbocycles. The lowest BCUT2D eigenvalue weighted by Gasteiger charge is -2.43. The fourth-order valence-corrected chi connectivity index (χ4v) is 3.35. The van der Waals surface area contributed by atoms with Gasteiger partial charge >= 0.3 is 0 Å². The summed E-state index contributed by atoms with van der Waals surface area (Å²) >= 11 is 0. The number of rotatable bonds is 8. The largest absolute Gasteiger partial charge is 0.382 e. The van der Waals surface area contributed by atoms with Crippen LogP contribution in [0.15, 0.2) is 0 Å². The van der Waals surface area contributed by atoms with Crippen molar-refractivity contribution in [3.63, 3.8) is 0 Å². The zero-order valence-corrected chi connectivity index (χ0v) is 14.4. The van der Waals surface area contributed by atoms with Crippen LogP contribution in [0.2, 0.25) is 0 Å². The normalized spacial score (nSPS) is 29.4. The lowest BCUT2D eigenvalue weighted by atomic mass is 9.68. The van der Waals surface area contributed by atoms with Crippen LogP contribution in [0.1, 0.15) is 60.3 Å². The smallest absolute Gasteiger partial charge is 0.0784 e. The summed E-state index contributed by atoms with van der Waals surface area (Å²) in [6, 6.07) is 0.503. The summed E-state index contributed by atoms with van der Waals surface area (Å²) in [4.78, 5) is 0. The highest BCUT2D eigenvalue weighted by Gasteiger charge is 2.37. The van der Waals surface area contributed by atoms with E-state index in [4.69, 9.17) is 9.47 Å². The number of nitrogens with one attached hydrogen (secondary N) is 1. The molecule has 1 saturated carbocycles. The number of likely N-dealkylation sites (N-methyl/N-ethyl adjacent to an activating group) is 1. The van der Waals surface area contributed by atoms with E-state index in [1.165, 1.54) is 25.7 Å². The maximum absolute atomic E-state index is 6.28. The molecule has 4 atom stereocenters. The van der Waals surface area contributed by atoms with Crippen molar-refractivity contribution in [2.75, 3.05) is 20.3 Å². The second-order valence-corrected chi connectivity index (χ2v) is 6.96. The molecule has 0 radical (unpaired) electrons. The first-order valence-corrected chi connectivity index (χ1v) is 8.32. The fourth-order valence-electron chi connectivity index (χ4n) is 3.35. The summed E-state index contributed by atoms with van der Waals surface area (Å²) in [7, 11) is 1.74. The van der Waals surface area contributed by atoms with Gasteiger partial charge in [0.15, 0.2) is 0 Å². The topological polar surface area (TPSA) is 30.5 Å². The van der Waals surface area contributed by atoms with E-state index < -0.39 is 0 Å². The Kier molecular flexibility index (Phi) is 7.49. The zero-order chi connectivity index (χ0) is 15.2. The van der Waals surface area contributed by atoms with Crippen molar-refractivity contribution in [2.24, 2.45) is 11.3 Å². The number of hydrogen-bond donors (Lipinski definition) is 1. The van der Waals surface area contributed by atoms with Gasteiger partial charge in [-0.2, -0.15) is 0 Å². The molecule has 0 saturated heterocycles. The van der Waals surface area contributed by atoms with Crippen molar-refractivity contribution in [3.8, 4) is 0 Å². The molecule has 0 bridgehead atoms. The highest BCUT2D eigenvalue weighted by molar-refractivity contribution is 4.91. The van der Waals surface area contributed by atoms with Crippen LogP contribution in [-0.4, -0.2) is 38.5 Å². The molecule has 3 heteroatoms. The Labute approximate surface area is 125 Å². The van der Waals surface area contributed by atoms with Crippen LogP contribution in [0.4, 0.5) is 0 Å². The molecule has 1 fully saturated rings. The van der Waals surface area contributed by atoms with Gasteiger partial charge in [0.25, 0.3) is 0 Å². The van der Waals surface area contributed by atoms with Gasteiger partial charge in [-0.1, -0.05) is 34.1 Å². The summed E-state index contributed by atoms with van der Waals surface area (Å²) in [5, 5.41) is 3.61. The molecule has 3 nitrogen and oxygen atoms in total. The van der Waals surface area contributed by atoms with Crippen LogP contribution in [0, 0.1) is 11.3 Å². The van der Waals surface area contributed by atoms with Gasteiger partial charge in [-0.15, -0.1) is 0 Å². The first-order valence-electron chi connectivity index (χ1n) is 8.32. The minimum absolute atomic E-state index is 0.176. The molecule has 120 valence electrons. The van der Waals surface area contributed by atoms with Crippen molar-refractivity contribution in [1.29, 1.82) is 0 Å². The Morgan fingerprint density at radius 3 is 2.50 bits per heavy atom. The average Bonchev–Trinajstić information content (AvgIpc) is 2.41. The Bertz CT molecular complexity index is 268. The fraction of sp³-hybridized carbons (Fsp3) is 1.00. The van der Waals surface area contributed by atoms with Gasteiger partial charge in [-0.3, -0.25) is 0 Å². The SMILES string of the molecule is CCNC1CCC(C(C)(C)CC)CC1OC(C)COC. The van der Waals surface area contributed by atoms with E-state index in [0.717, 1.165) is 12.5 Å². The first-order chi connectivity index (χ1) is 9.44. The van der Waals surface area contributed by atoms with Gasteiger partial charge in [0.1, 0.15) is 0 Å².